The lowest BCUT2D eigenvalue weighted by atomic mass is 9.92. The molecular formula is C21H32N2O3. The molecule has 0 radical (unpaired) electrons. The maximum absolute atomic E-state index is 12.9. The zero-order valence-corrected chi connectivity index (χ0v) is 16.7. The third kappa shape index (κ3) is 6.68. The van der Waals surface area contributed by atoms with E-state index in [1.807, 2.05) is 13.8 Å². The Morgan fingerprint density at radius 2 is 2.00 bits per heavy atom. The van der Waals surface area contributed by atoms with Crippen molar-refractivity contribution in [2.45, 2.75) is 65.9 Å². The first-order chi connectivity index (χ1) is 12.4. The minimum Gasteiger partial charge on any atom is -0.494 e. The van der Waals surface area contributed by atoms with Gasteiger partial charge in [0.25, 0.3) is 5.91 Å². The van der Waals surface area contributed by atoms with Gasteiger partial charge in [-0.15, -0.1) is 0 Å². The number of unbranched alkanes of at least 4 members (excludes halogenated alkanes) is 1. The second kappa shape index (κ2) is 10.8. The summed E-state index contributed by atoms with van der Waals surface area (Å²) in [5.41, 5.74) is -0.0575. The molecule has 0 spiro atoms. The maximum Gasteiger partial charge on any atom is 0.256 e. The standard InChI is InChI=1S/C21H32N2O3/c1-6-8-12-25-18-9-10-19(17(13-18)15-22)23-20(24)21(5,14-16(3)4)26-11-7-2/h9-10,13,16H,6-8,11-12,14H2,1-5H3,(H,23,24). The molecule has 26 heavy (non-hydrogen) atoms. The average molecular weight is 360 g/mol. The highest BCUT2D eigenvalue weighted by Crippen LogP contribution is 2.26. The SMILES string of the molecule is CCCCOc1ccc(NC(=O)C(C)(CC(C)C)OCCC)c(C#N)c1. The van der Waals surface area contributed by atoms with Crippen LogP contribution in [0.1, 0.15) is 65.9 Å². The van der Waals surface area contributed by atoms with Crippen LogP contribution < -0.4 is 10.1 Å². The Balaban J connectivity index is 2.93. The Kier molecular flexibility index (Phi) is 9.15. The summed E-state index contributed by atoms with van der Waals surface area (Å²) in [7, 11) is 0. The van der Waals surface area contributed by atoms with Crippen LogP contribution in [-0.2, 0) is 9.53 Å². The second-order valence-electron chi connectivity index (χ2n) is 7.15. The summed E-state index contributed by atoms with van der Waals surface area (Å²) in [5.74, 6) is 0.725. The van der Waals surface area contributed by atoms with E-state index >= 15 is 0 Å². The van der Waals surface area contributed by atoms with E-state index < -0.39 is 5.60 Å². The Bertz CT molecular complexity index is 622. The fraction of sp³-hybridized carbons (Fsp3) is 0.619. The van der Waals surface area contributed by atoms with Crippen molar-refractivity contribution < 1.29 is 14.3 Å². The van der Waals surface area contributed by atoms with Crippen molar-refractivity contribution in [3.63, 3.8) is 0 Å². The number of nitriles is 1. The van der Waals surface area contributed by atoms with E-state index in [0.717, 1.165) is 19.3 Å². The Hall–Kier alpha value is -2.06. The van der Waals surface area contributed by atoms with Crippen LogP contribution in [0, 0.1) is 17.2 Å². The summed E-state index contributed by atoms with van der Waals surface area (Å²) in [4.78, 5) is 12.9. The summed E-state index contributed by atoms with van der Waals surface area (Å²) in [6.07, 6.45) is 3.46. The molecule has 1 atom stereocenters. The fourth-order valence-corrected chi connectivity index (χ4v) is 2.73. The number of anilines is 1. The van der Waals surface area contributed by atoms with Gasteiger partial charge >= 0.3 is 0 Å². The lowest BCUT2D eigenvalue weighted by molar-refractivity contribution is -0.141. The van der Waals surface area contributed by atoms with Gasteiger partial charge in [0.05, 0.1) is 17.9 Å². The number of carbonyl (C=O) groups excluding carboxylic acids is 1. The summed E-state index contributed by atoms with van der Waals surface area (Å²) >= 11 is 0. The molecule has 1 rings (SSSR count). The lowest BCUT2D eigenvalue weighted by Gasteiger charge is -2.30. The van der Waals surface area contributed by atoms with E-state index in [4.69, 9.17) is 9.47 Å². The third-order valence-corrected chi connectivity index (χ3v) is 4.03. The Morgan fingerprint density at radius 1 is 1.27 bits per heavy atom. The van der Waals surface area contributed by atoms with E-state index in [1.54, 1.807) is 18.2 Å². The van der Waals surface area contributed by atoms with E-state index in [9.17, 15) is 10.1 Å². The van der Waals surface area contributed by atoms with Gasteiger partial charge in [-0.1, -0.05) is 34.1 Å². The zero-order chi connectivity index (χ0) is 19.6. The Morgan fingerprint density at radius 3 is 2.58 bits per heavy atom. The van der Waals surface area contributed by atoms with E-state index in [0.29, 0.717) is 42.6 Å². The number of hydrogen-bond acceptors (Lipinski definition) is 4. The molecule has 1 unspecified atom stereocenters. The maximum atomic E-state index is 12.9. The van der Waals surface area contributed by atoms with Crippen molar-refractivity contribution in [2.75, 3.05) is 18.5 Å². The molecular weight excluding hydrogens is 328 g/mol. The predicted molar refractivity (Wildman–Crippen MR) is 104 cm³/mol. The summed E-state index contributed by atoms with van der Waals surface area (Å²) in [5, 5.41) is 12.3. The number of carbonyl (C=O) groups is 1. The number of benzene rings is 1. The Labute approximate surface area is 157 Å². The molecule has 5 nitrogen and oxygen atoms in total. The van der Waals surface area contributed by atoms with Gasteiger partial charge in [-0.25, -0.2) is 0 Å². The van der Waals surface area contributed by atoms with Gasteiger partial charge in [0.2, 0.25) is 0 Å². The number of nitrogens with one attached hydrogen (secondary N) is 1. The summed E-state index contributed by atoms with van der Waals surface area (Å²) in [6, 6.07) is 7.29. The molecule has 0 heterocycles. The molecule has 0 saturated heterocycles. The summed E-state index contributed by atoms with van der Waals surface area (Å²) < 4.78 is 11.5. The van der Waals surface area contributed by atoms with E-state index in [-0.39, 0.29) is 5.91 Å². The van der Waals surface area contributed by atoms with Crippen molar-refractivity contribution >= 4 is 11.6 Å². The molecule has 144 valence electrons. The summed E-state index contributed by atoms with van der Waals surface area (Å²) in [6.45, 7) is 11.2. The molecule has 0 aliphatic rings. The van der Waals surface area contributed by atoms with Crippen molar-refractivity contribution in [1.29, 1.82) is 5.26 Å². The zero-order valence-electron chi connectivity index (χ0n) is 16.7. The van der Waals surface area contributed by atoms with Gasteiger partial charge in [0.1, 0.15) is 17.4 Å². The fourth-order valence-electron chi connectivity index (χ4n) is 2.73. The molecule has 0 fully saturated rings. The molecule has 0 aliphatic carbocycles. The number of rotatable bonds is 11. The average Bonchev–Trinajstić information content (AvgIpc) is 2.60. The smallest absolute Gasteiger partial charge is 0.256 e. The largest absolute Gasteiger partial charge is 0.494 e. The van der Waals surface area contributed by atoms with Gasteiger partial charge in [0, 0.05) is 6.61 Å². The number of ether oxygens (including phenoxy) is 2. The van der Waals surface area contributed by atoms with Gasteiger partial charge in [-0.05, 0) is 50.3 Å². The van der Waals surface area contributed by atoms with Crippen molar-refractivity contribution in [3.8, 4) is 11.8 Å². The van der Waals surface area contributed by atoms with Gasteiger partial charge in [0.15, 0.2) is 0 Å². The minimum absolute atomic E-state index is 0.226. The quantitative estimate of drug-likeness (QED) is 0.569. The van der Waals surface area contributed by atoms with E-state index in [2.05, 4.69) is 32.2 Å². The topological polar surface area (TPSA) is 71.3 Å². The van der Waals surface area contributed by atoms with Crippen LogP contribution in [0.25, 0.3) is 0 Å². The van der Waals surface area contributed by atoms with Crippen LogP contribution >= 0.6 is 0 Å². The highest BCUT2D eigenvalue weighted by atomic mass is 16.5. The van der Waals surface area contributed by atoms with Gasteiger partial charge in [-0.2, -0.15) is 5.26 Å². The minimum atomic E-state index is -0.923. The highest BCUT2D eigenvalue weighted by Gasteiger charge is 2.35. The number of amides is 1. The monoisotopic (exact) mass is 360 g/mol. The van der Waals surface area contributed by atoms with Gasteiger partial charge in [-0.3, -0.25) is 4.79 Å². The van der Waals surface area contributed by atoms with Crippen LogP contribution in [0.3, 0.4) is 0 Å². The molecule has 0 saturated carbocycles. The first-order valence-electron chi connectivity index (χ1n) is 9.48. The molecule has 0 aliphatic heterocycles. The first-order valence-corrected chi connectivity index (χ1v) is 9.48. The molecule has 0 bridgehead atoms. The predicted octanol–water partition coefficient (Wildman–Crippen LogP) is 4.91. The lowest BCUT2D eigenvalue weighted by Crippen LogP contribution is -2.44. The van der Waals surface area contributed by atoms with Crippen LogP contribution in [0.2, 0.25) is 0 Å². The second-order valence-corrected chi connectivity index (χ2v) is 7.15. The number of hydrogen-bond donors (Lipinski definition) is 1. The van der Waals surface area contributed by atoms with Crippen LogP contribution in [0.5, 0.6) is 5.75 Å². The van der Waals surface area contributed by atoms with Gasteiger partial charge < -0.3 is 14.8 Å². The molecule has 5 heteroatoms. The molecule has 1 N–H and O–H groups in total. The van der Waals surface area contributed by atoms with Crippen LogP contribution in [-0.4, -0.2) is 24.7 Å². The molecule has 1 amide bonds. The number of nitrogens with zero attached hydrogens (tertiary/aromatic N) is 1. The third-order valence-electron chi connectivity index (χ3n) is 4.03. The van der Waals surface area contributed by atoms with Crippen molar-refractivity contribution in [3.05, 3.63) is 23.8 Å². The first kappa shape index (κ1) is 22.0. The van der Waals surface area contributed by atoms with Crippen LogP contribution in [0.15, 0.2) is 18.2 Å². The molecule has 1 aromatic rings. The van der Waals surface area contributed by atoms with Crippen LogP contribution in [0.4, 0.5) is 5.69 Å². The van der Waals surface area contributed by atoms with Crippen molar-refractivity contribution in [2.24, 2.45) is 5.92 Å². The normalized spacial score (nSPS) is 13.1. The highest BCUT2D eigenvalue weighted by molar-refractivity contribution is 5.98. The van der Waals surface area contributed by atoms with Crippen molar-refractivity contribution in [1.82, 2.24) is 0 Å². The molecule has 1 aromatic carbocycles. The van der Waals surface area contributed by atoms with E-state index in [1.165, 1.54) is 0 Å². The molecule has 0 aromatic heterocycles.